The monoisotopic (exact) mass is 506 g/mol. The van der Waals surface area contributed by atoms with Gasteiger partial charge in [-0.3, -0.25) is 0 Å². The summed E-state index contributed by atoms with van der Waals surface area (Å²) >= 11 is 0. The molecule has 0 N–H and O–H groups in total. The van der Waals surface area contributed by atoms with Crippen molar-refractivity contribution in [2.45, 2.75) is 6.92 Å². The Kier molecular flexibility index (Phi) is 9.38. The average molecular weight is 506 g/mol. The Balaban J connectivity index is 1.49. The Bertz CT molecular complexity index is 1250. The number of esters is 3. The summed E-state index contributed by atoms with van der Waals surface area (Å²) in [5.41, 5.74) is 0.445. The van der Waals surface area contributed by atoms with E-state index in [9.17, 15) is 19.2 Å². The van der Waals surface area contributed by atoms with Crippen LogP contribution in [0.15, 0.2) is 85.5 Å². The highest BCUT2D eigenvalue weighted by Crippen LogP contribution is 2.20. The van der Waals surface area contributed by atoms with Gasteiger partial charge in [-0.25, -0.2) is 19.2 Å². The summed E-state index contributed by atoms with van der Waals surface area (Å²) in [6.07, 6.45) is -0.187. The van der Waals surface area contributed by atoms with Crippen LogP contribution in [0.3, 0.4) is 0 Å². The maximum atomic E-state index is 12.4. The summed E-state index contributed by atoms with van der Waals surface area (Å²) in [6, 6.07) is 18.0. The summed E-state index contributed by atoms with van der Waals surface area (Å²) in [6.45, 7) is 4.97. The second-order valence-electron chi connectivity index (χ2n) is 7.01. The molecular formula is C27H22O10. The number of hydrogen-bond acceptors (Lipinski definition) is 10. The van der Waals surface area contributed by atoms with Crippen LogP contribution in [-0.4, -0.2) is 37.5 Å². The number of hydrogen-bond donors (Lipinski definition) is 0. The Labute approximate surface area is 211 Å². The standard InChI is InChI=1S/C27H22O10/c1-3-24(28)33-17-34-27(31)37-23-11-7-19(8-12-23)25(29)35-21-9-5-18(6-10-21)26(30)36-22-15-13-20(14-16-22)32-4-2/h3,5-16H,1,4,17H2,2H3. The zero-order valence-corrected chi connectivity index (χ0v) is 19.7. The van der Waals surface area contributed by atoms with E-state index in [-0.39, 0.29) is 22.6 Å². The summed E-state index contributed by atoms with van der Waals surface area (Å²) in [5, 5.41) is 0. The fourth-order valence-corrected chi connectivity index (χ4v) is 2.74. The number of benzene rings is 3. The molecule has 10 heteroatoms. The van der Waals surface area contributed by atoms with Crippen molar-refractivity contribution in [3.63, 3.8) is 0 Å². The van der Waals surface area contributed by atoms with Crippen LogP contribution in [-0.2, 0) is 14.3 Å². The van der Waals surface area contributed by atoms with E-state index in [4.69, 9.17) is 18.9 Å². The minimum absolute atomic E-state index is 0.0898. The van der Waals surface area contributed by atoms with Crippen molar-refractivity contribution in [2.24, 2.45) is 0 Å². The van der Waals surface area contributed by atoms with Crippen LogP contribution in [0.5, 0.6) is 23.0 Å². The molecule has 10 nitrogen and oxygen atoms in total. The molecule has 0 heterocycles. The molecule has 3 aromatic carbocycles. The highest BCUT2D eigenvalue weighted by Gasteiger charge is 2.13. The second kappa shape index (κ2) is 13.1. The molecule has 3 rings (SSSR count). The van der Waals surface area contributed by atoms with Gasteiger partial charge in [0, 0.05) is 6.08 Å². The molecule has 0 aromatic heterocycles. The molecule has 0 saturated carbocycles. The average Bonchev–Trinajstić information content (AvgIpc) is 2.90. The summed E-state index contributed by atoms with van der Waals surface area (Å²) in [7, 11) is 0. The van der Waals surface area contributed by atoms with Crippen LogP contribution in [0, 0.1) is 0 Å². The van der Waals surface area contributed by atoms with Gasteiger partial charge in [-0.05, 0) is 79.7 Å². The van der Waals surface area contributed by atoms with Crippen LogP contribution in [0.1, 0.15) is 27.6 Å². The number of carbonyl (C=O) groups excluding carboxylic acids is 4. The summed E-state index contributed by atoms with van der Waals surface area (Å²) in [5.74, 6) is -0.672. The van der Waals surface area contributed by atoms with E-state index < -0.39 is 30.9 Å². The fraction of sp³-hybridized carbons (Fsp3) is 0.111. The minimum Gasteiger partial charge on any atom is -0.494 e. The van der Waals surface area contributed by atoms with E-state index in [1.54, 1.807) is 24.3 Å². The first-order valence-electron chi connectivity index (χ1n) is 10.9. The van der Waals surface area contributed by atoms with E-state index >= 15 is 0 Å². The third-order valence-electron chi connectivity index (χ3n) is 4.48. The Morgan fingerprint density at radius 3 is 1.54 bits per heavy atom. The highest BCUT2D eigenvalue weighted by molar-refractivity contribution is 5.92. The van der Waals surface area contributed by atoms with Gasteiger partial charge < -0.3 is 28.4 Å². The molecular weight excluding hydrogens is 484 g/mol. The van der Waals surface area contributed by atoms with E-state index in [1.807, 2.05) is 6.92 Å². The first-order chi connectivity index (χ1) is 17.9. The van der Waals surface area contributed by atoms with Gasteiger partial charge in [-0.2, -0.15) is 0 Å². The summed E-state index contributed by atoms with van der Waals surface area (Å²) in [4.78, 5) is 47.2. The SMILES string of the molecule is C=CC(=O)OCOC(=O)Oc1ccc(C(=O)Oc2ccc(C(=O)Oc3ccc(OCC)cc3)cc2)cc1. The number of rotatable bonds is 10. The van der Waals surface area contributed by atoms with Crippen molar-refractivity contribution in [1.29, 1.82) is 0 Å². The van der Waals surface area contributed by atoms with Gasteiger partial charge in [-0.1, -0.05) is 6.58 Å². The van der Waals surface area contributed by atoms with Gasteiger partial charge in [-0.15, -0.1) is 0 Å². The fourth-order valence-electron chi connectivity index (χ4n) is 2.74. The van der Waals surface area contributed by atoms with Gasteiger partial charge in [0.2, 0.25) is 6.79 Å². The lowest BCUT2D eigenvalue weighted by Crippen LogP contribution is -2.15. The molecule has 0 atom stereocenters. The Morgan fingerprint density at radius 2 is 1.08 bits per heavy atom. The predicted octanol–water partition coefficient (Wildman–Crippen LogP) is 4.73. The maximum Gasteiger partial charge on any atom is 0.516 e. The third-order valence-corrected chi connectivity index (χ3v) is 4.48. The molecule has 0 amide bonds. The Hall–Kier alpha value is -5.12. The number of ether oxygens (including phenoxy) is 6. The highest BCUT2D eigenvalue weighted by atomic mass is 16.8. The lowest BCUT2D eigenvalue weighted by Gasteiger charge is -2.08. The normalized spacial score (nSPS) is 9.97. The largest absolute Gasteiger partial charge is 0.516 e. The second-order valence-corrected chi connectivity index (χ2v) is 7.01. The zero-order valence-electron chi connectivity index (χ0n) is 19.7. The van der Waals surface area contributed by atoms with Gasteiger partial charge in [0.1, 0.15) is 23.0 Å². The van der Waals surface area contributed by atoms with Crippen LogP contribution in [0.2, 0.25) is 0 Å². The smallest absolute Gasteiger partial charge is 0.494 e. The van der Waals surface area contributed by atoms with Gasteiger partial charge in [0.05, 0.1) is 17.7 Å². The van der Waals surface area contributed by atoms with Crippen molar-refractivity contribution in [3.05, 3.63) is 96.6 Å². The van der Waals surface area contributed by atoms with Crippen LogP contribution in [0.25, 0.3) is 0 Å². The first-order valence-corrected chi connectivity index (χ1v) is 10.9. The molecule has 0 aliphatic rings. The molecule has 0 aliphatic heterocycles. The molecule has 0 fully saturated rings. The van der Waals surface area contributed by atoms with Gasteiger partial charge in [0.25, 0.3) is 0 Å². The molecule has 0 saturated heterocycles. The number of carbonyl (C=O) groups is 4. The molecule has 3 aromatic rings. The van der Waals surface area contributed by atoms with Crippen molar-refractivity contribution in [2.75, 3.05) is 13.4 Å². The summed E-state index contributed by atoms with van der Waals surface area (Å²) < 4.78 is 29.9. The molecule has 0 bridgehead atoms. The molecule has 0 aliphatic carbocycles. The van der Waals surface area contributed by atoms with Gasteiger partial charge in [0.15, 0.2) is 0 Å². The molecule has 0 spiro atoms. The maximum absolute atomic E-state index is 12.4. The van der Waals surface area contributed by atoms with Crippen LogP contribution >= 0.6 is 0 Å². The molecule has 37 heavy (non-hydrogen) atoms. The topological polar surface area (TPSA) is 124 Å². The van der Waals surface area contributed by atoms with Crippen LogP contribution in [0.4, 0.5) is 4.79 Å². The minimum atomic E-state index is -1.10. The molecule has 0 radical (unpaired) electrons. The van der Waals surface area contributed by atoms with E-state index in [0.29, 0.717) is 18.1 Å². The lowest BCUT2D eigenvalue weighted by atomic mass is 10.2. The van der Waals surface area contributed by atoms with Crippen LogP contribution < -0.4 is 18.9 Å². The van der Waals surface area contributed by atoms with E-state index in [1.165, 1.54) is 48.5 Å². The Morgan fingerprint density at radius 1 is 0.649 bits per heavy atom. The quantitative estimate of drug-likeness (QED) is 0.125. The molecule has 190 valence electrons. The van der Waals surface area contributed by atoms with E-state index in [0.717, 1.165) is 6.08 Å². The zero-order chi connectivity index (χ0) is 26.6. The van der Waals surface area contributed by atoms with E-state index in [2.05, 4.69) is 16.1 Å². The van der Waals surface area contributed by atoms with Crippen molar-refractivity contribution >= 4 is 24.1 Å². The lowest BCUT2D eigenvalue weighted by molar-refractivity contribution is -0.146. The first kappa shape index (κ1) is 26.5. The van der Waals surface area contributed by atoms with Crippen molar-refractivity contribution in [3.8, 4) is 23.0 Å². The van der Waals surface area contributed by atoms with Crippen molar-refractivity contribution in [1.82, 2.24) is 0 Å². The van der Waals surface area contributed by atoms with Crippen molar-refractivity contribution < 1.29 is 47.6 Å². The predicted molar refractivity (Wildman–Crippen MR) is 129 cm³/mol. The van der Waals surface area contributed by atoms with Gasteiger partial charge >= 0.3 is 24.1 Å². The third kappa shape index (κ3) is 8.25. The molecule has 0 unspecified atom stereocenters.